The average molecular weight is 270 g/mol. The van der Waals surface area contributed by atoms with Gasteiger partial charge in [-0.15, -0.1) is 0 Å². The van der Waals surface area contributed by atoms with E-state index in [9.17, 15) is 9.59 Å². The molecule has 1 aromatic carbocycles. The molecule has 0 bridgehead atoms. The van der Waals surface area contributed by atoms with Crippen LogP contribution in [0.15, 0.2) is 18.2 Å². The number of carboxylic acids is 1. The van der Waals surface area contributed by atoms with Crippen molar-refractivity contribution >= 4 is 29.2 Å². The summed E-state index contributed by atoms with van der Waals surface area (Å²) in [6.45, 7) is 0.582. The Bertz CT molecular complexity index is 483. The van der Waals surface area contributed by atoms with Gasteiger partial charge in [0.25, 0.3) is 5.91 Å². The SMILES string of the molecule is O=C(O)c1cc(NC(=O)[C@H]2CCCO2)ccc1Cl. The maximum absolute atomic E-state index is 11.8. The van der Waals surface area contributed by atoms with Crippen LogP contribution in [0, 0.1) is 0 Å². The summed E-state index contributed by atoms with van der Waals surface area (Å²) in [5.74, 6) is -1.39. The molecule has 2 N–H and O–H groups in total. The molecular weight excluding hydrogens is 258 g/mol. The molecule has 1 atom stereocenters. The van der Waals surface area contributed by atoms with Crippen molar-refractivity contribution < 1.29 is 19.4 Å². The van der Waals surface area contributed by atoms with E-state index in [1.807, 2.05) is 0 Å². The summed E-state index contributed by atoms with van der Waals surface area (Å²) in [5.41, 5.74) is 0.360. The minimum Gasteiger partial charge on any atom is -0.478 e. The number of aromatic carboxylic acids is 1. The van der Waals surface area contributed by atoms with Gasteiger partial charge in [0, 0.05) is 12.3 Å². The van der Waals surface area contributed by atoms with Gasteiger partial charge in [-0.1, -0.05) is 11.6 Å². The molecule has 0 unspecified atom stereocenters. The Balaban J connectivity index is 2.11. The third-order valence-electron chi connectivity index (χ3n) is 2.69. The molecule has 0 saturated carbocycles. The number of benzene rings is 1. The number of hydrogen-bond donors (Lipinski definition) is 2. The molecule has 1 aliphatic rings. The monoisotopic (exact) mass is 269 g/mol. The molecule has 0 aromatic heterocycles. The van der Waals surface area contributed by atoms with Crippen molar-refractivity contribution in [1.29, 1.82) is 0 Å². The Morgan fingerprint density at radius 2 is 2.22 bits per heavy atom. The number of amides is 1. The van der Waals surface area contributed by atoms with E-state index in [4.69, 9.17) is 21.4 Å². The third-order valence-corrected chi connectivity index (χ3v) is 3.02. The Morgan fingerprint density at radius 3 is 2.83 bits per heavy atom. The van der Waals surface area contributed by atoms with Crippen molar-refractivity contribution in [2.45, 2.75) is 18.9 Å². The molecule has 96 valence electrons. The summed E-state index contributed by atoms with van der Waals surface area (Å²) in [4.78, 5) is 22.7. The Labute approximate surface area is 109 Å². The number of carbonyl (C=O) groups excluding carboxylic acids is 1. The fourth-order valence-corrected chi connectivity index (χ4v) is 1.97. The normalized spacial score (nSPS) is 18.6. The minimum absolute atomic E-state index is 0.0400. The average Bonchev–Trinajstić information content (AvgIpc) is 2.85. The summed E-state index contributed by atoms with van der Waals surface area (Å²) in [7, 11) is 0. The Morgan fingerprint density at radius 1 is 1.44 bits per heavy atom. The van der Waals surface area contributed by atoms with Crippen LogP contribution in [0.5, 0.6) is 0 Å². The molecule has 18 heavy (non-hydrogen) atoms. The van der Waals surface area contributed by atoms with Crippen LogP contribution in [0.1, 0.15) is 23.2 Å². The highest BCUT2D eigenvalue weighted by Gasteiger charge is 2.23. The molecular formula is C12H12ClNO4. The van der Waals surface area contributed by atoms with Gasteiger partial charge in [0.1, 0.15) is 6.10 Å². The van der Waals surface area contributed by atoms with Gasteiger partial charge in [0.05, 0.1) is 10.6 Å². The van der Waals surface area contributed by atoms with Crippen molar-refractivity contribution in [3.63, 3.8) is 0 Å². The fraction of sp³-hybridized carbons (Fsp3) is 0.333. The quantitative estimate of drug-likeness (QED) is 0.882. The molecule has 0 spiro atoms. The second kappa shape index (κ2) is 5.37. The van der Waals surface area contributed by atoms with Gasteiger partial charge in [-0.25, -0.2) is 4.79 Å². The highest BCUT2D eigenvalue weighted by atomic mass is 35.5. The molecule has 1 aliphatic heterocycles. The molecule has 2 rings (SSSR count). The number of ether oxygens (including phenoxy) is 1. The molecule has 6 heteroatoms. The first-order valence-electron chi connectivity index (χ1n) is 5.53. The van der Waals surface area contributed by atoms with E-state index in [1.54, 1.807) is 6.07 Å². The van der Waals surface area contributed by atoms with E-state index in [1.165, 1.54) is 12.1 Å². The van der Waals surface area contributed by atoms with Crippen LogP contribution >= 0.6 is 11.6 Å². The highest BCUT2D eigenvalue weighted by Crippen LogP contribution is 2.21. The van der Waals surface area contributed by atoms with Crippen LogP contribution in [0.4, 0.5) is 5.69 Å². The minimum atomic E-state index is -1.13. The lowest BCUT2D eigenvalue weighted by molar-refractivity contribution is -0.124. The van der Waals surface area contributed by atoms with Crippen LogP contribution in [0.3, 0.4) is 0 Å². The number of hydrogen-bond acceptors (Lipinski definition) is 3. The van der Waals surface area contributed by atoms with E-state index in [0.29, 0.717) is 18.7 Å². The Kier molecular flexibility index (Phi) is 3.84. The second-order valence-corrected chi connectivity index (χ2v) is 4.40. The zero-order chi connectivity index (χ0) is 13.1. The summed E-state index contributed by atoms with van der Waals surface area (Å²) >= 11 is 5.74. The summed E-state index contributed by atoms with van der Waals surface area (Å²) in [6.07, 6.45) is 1.10. The standard InChI is InChI=1S/C12H12ClNO4/c13-9-4-3-7(6-8(9)12(16)17)14-11(15)10-2-1-5-18-10/h3-4,6,10H,1-2,5H2,(H,14,15)(H,16,17)/t10-/m1/s1. The van der Waals surface area contributed by atoms with Crippen molar-refractivity contribution in [2.75, 3.05) is 11.9 Å². The van der Waals surface area contributed by atoms with Crippen LogP contribution in [0.2, 0.25) is 5.02 Å². The van der Waals surface area contributed by atoms with Crippen LogP contribution in [-0.2, 0) is 9.53 Å². The van der Waals surface area contributed by atoms with E-state index in [-0.39, 0.29) is 16.5 Å². The maximum atomic E-state index is 11.8. The van der Waals surface area contributed by atoms with Crippen LogP contribution in [-0.4, -0.2) is 29.7 Å². The van der Waals surface area contributed by atoms with E-state index >= 15 is 0 Å². The number of anilines is 1. The molecule has 0 radical (unpaired) electrons. The first-order chi connectivity index (χ1) is 8.58. The molecule has 5 nitrogen and oxygen atoms in total. The van der Waals surface area contributed by atoms with Gasteiger partial charge >= 0.3 is 5.97 Å². The van der Waals surface area contributed by atoms with Crippen molar-refractivity contribution in [2.24, 2.45) is 0 Å². The number of halogens is 1. The van der Waals surface area contributed by atoms with E-state index in [0.717, 1.165) is 6.42 Å². The number of carbonyl (C=O) groups is 2. The maximum Gasteiger partial charge on any atom is 0.337 e. The smallest absolute Gasteiger partial charge is 0.337 e. The van der Waals surface area contributed by atoms with Crippen molar-refractivity contribution in [3.8, 4) is 0 Å². The van der Waals surface area contributed by atoms with E-state index in [2.05, 4.69) is 5.32 Å². The number of carboxylic acid groups (broad SMARTS) is 1. The predicted molar refractivity (Wildman–Crippen MR) is 66.0 cm³/mol. The van der Waals surface area contributed by atoms with Gasteiger partial charge in [0.15, 0.2) is 0 Å². The van der Waals surface area contributed by atoms with Crippen LogP contribution in [0.25, 0.3) is 0 Å². The predicted octanol–water partition coefficient (Wildman–Crippen LogP) is 2.16. The third kappa shape index (κ3) is 2.80. The first-order valence-corrected chi connectivity index (χ1v) is 5.91. The molecule has 1 saturated heterocycles. The molecule has 0 aliphatic carbocycles. The van der Waals surface area contributed by atoms with Crippen LogP contribution < -0.4 is 5.32 Å². The van der Waals surface area contributed by atoms with Gasteiger partial charge in [-0.05, 0) is 31.0 Å². The molecule has 1 fully saturated rings. The van der Waals surface area contributed by atoms with E-state index < -0.39 is 12.1 Å². The topological polar surface area (TPSA) is 75.6 Å². The summed E-state index contributed by atoms with van der Waals surface area (Å²) < 4.78 is 5.23. The summed E-state index contributed by atoms with van der Waals surface area (Å²) in [6, 6.07) is 4.33. The molecule has 1 heterocycles. The zero-order valence-electron chi connectivity index (χ0n) is 9.48. The fourth-order valence-electron chi connectivity index (χ4n) is 1.77. The summed E-state index contributed by atoms with van der Waals surface area (Å²) in [5, 5.41) is 11.7. The highest BCUT2D eigenvalue weighted by molar-refractivity contribution is 6.33. The lowest BCUT2D eigenvalue weighted by atomic mass is 10.2. The van der Waals surface area contributed by atoms with Crippen molar-refractivity contribution in [1.82, 2.24) is 0 Å². The lowest BCUT2D eigenvalue weighted by Gasteiger charge is -2.11. The van der Waals surface area contributed by atoms with Gasteiger partial charge < -0.3 is 15.2 Å². The Hall–Kier alpha value is -1.59. The first kappa shape index (κ1) is 12.9. The largest absolute Gasteiger partial charge is 0.478 e. The number of rotatable bonds is 3. The van der Waals surface area contributed by atoms with Crippen molar-refractivity contribution in [3.05, 3.63) is 28.8 Å². The molecule has 1 amide bonds. The van der Waals surface area contributed by atoms with Gasteiger partial charge in [-0.2, -0.15) is 0 Å². The van der Waals surface area contributed by atoms with Gasteiger partial charge in [-0.3, -0.25) is 4.79 Å². The second-order valence-electron chi connectivity index (χ2n) is 3.99. The van der Waals surface area contributed by atoms with Gasteiger partial charge in [0.2, 0.25) is 0 Å². The lowest BCUT2D eigenvalue weighted by Crippen LogP contribution is -2.26. The zero-order valence-corrected chi connectivity index (χ0v) is 10.2. The number of nitrogens with one attached hydrogen (secondary N) is 1. The molecule has 1 aromatic rings.